The highest BCUT2D eigenvalue weighted by Crippen LogP contribution is 2.24. The predicted octanol–water partition coefficient (Wildman–Crippen LogP) is 3.31. The van der Waals surface area contributed by atoms with E-state index in [-0.39, 0.29) is 24.2 Å². The monoisotopic (exact) mass is 503 g/mol. The highest BCUT2D eigenvalue weighted by Gasteiger charge is 2.36. The summed E-state index contributed by atoms with van der Waals surface area (Å²) in [7, 11) is 0. The number of benzene rings is 3. The van der Waals surface area contributed by atoms with Crippen molar-refractivity contribution in [2.75, 3.05) is 13.2 Å². The number of carbonyl (C=O) groups excluding carboxylic acids is 4. The number of hydrogen-bond donors (Lipinski definition) is 1. The molecule has 0 aliphatic carbocycles. The maximum absolute atomic E-state index is 12.4. The lowest BCUT2D eigenvalue weighted by molar-refractivity contribution is -0.384. The Morgan fingerprint density at radius 2 is 1.54 bits per heavy atom. The lowest BCUT2D eigenvalue weighted by Crippen LogP contribution is -2.43. The van der Waals surface area contributed by atoms with E-state index < -0.39 is 41.0 Å². The molecule has 3 aromatic carbocycles. The number of nitrogens with one attached hydrogen (secondary N) is 1. The van der Waals surface area contributed by atoms with Gasteiger partial charge in [0.2, 0.25) is 5.91 Å². The Morgan fingerprint density at radius 1 is 0.919 bits per heavy atom. The Bertz CT molecular complexity index is 1320. The van der Waals surface area contributed by atoms with E-state index in [9.17, 15) is 29.3 Å². The third-order valence-corrected chi connectivity index (χ3v) is 5.54. The van der Waals surface area contributed by atoms with Gasteiger partial charge in [0.25, 0.3) is 11.6 Å². The molecule has 1 aliphatic heterocycles. The number of non-ortho nitro benzene ring substituents is 1. The molecule has 11 nitrogen and oxygen atoms in total. The number of nitro groups is 1. The quantitative estimate of drug-likeness (QED) is 0.203. The maximum atomic E-state index is 12.4. The van der Waals surface area contributed by atoms with E-state index in [2.05, 4.69) is 5.43 Å². The molecule has 0 aromatic heterocycles. The summed E-state index contributed by atoms with van der Waals surface area (Å²) < 4.78 is 10.7. The molecule has 1 atom stereocenters. The van der Waals surface area contributed by atoms with Gasteiger partial charge < -0.3 is 9.47 Å². The van der Waals surface area contributed by atoms with Crippen molar-refractivity contribution >= 4 is 29.3 Å². The summed E-state index contributed by atoms with van der Waals surface area (Å²) in [6, 6.07) is 20.0. The fourth-order valence-electron chi connectivity index (χ4n) is 3.57. The summed E-state index contributed by atoms with van der Waals surface area (Å²) in [5.74, 6) is -2.08. The minimum atomic E-state index is -0.811. The van der Waals surface area contributed by atoms with Crippen LogP contribution in [0, 0.1) is 16.0 Å². The Kier molecular flexibility index (Phi) is 7.53. The Hall–Kier alpha value is -5.06. The number of rotatable bonds is 9. The molecule has 0 spiro atoms. The van der Waals surface area contributed by atoms with Crippen LogP contribution in [0.5, 0.6) is 11.5 Å². The number of amides is 2. The van der Waals surface area contributed by atoms with Crippen LogP contribution in [0.1, 0.15) is 27.1 Å². The number of ketones is 1. The van der Waals surface area contributed by atoms with Crippen LogP contribution in [0.2, 0.25) is 0 Å². The number of esters is 1. The van der Waals surface area contributed by atoms with Gasteiger partial charge in [0.15, 0.2) is 12.4 Å². The van der Waals surface area contributed by atoms with Crippen LogP contribution in [0.3, 0.4) is 0 Å². The van der Waals surface area contributed by atoms with Gasteiger partial charge in [-0.25, -0.2) is 0 Å². The zero-order chi connectivity index (χ0) is 26.4. The van der Waals surface area contributed by atoms with Crippen LogP contribution in [-0.4, -0.2) is 46.7 Å². The topological polar surface area (TPSA) is 145 Å². The molecule has 1 heterocycles. The van der Waals surface area contributed by atoms with E-state index >= 15 is 0 Å². The second kappa shape index (κ2) is 11.1. The number of Topliss-reactive ketones (excluding diaryl/α,β-unsaturated/α-hetero) is 1. The zero-order valence-corrected chi connectivity index (χ0v) is 19.4. The van der Waals surface area contributed by atoms with Crippen molar-refractivity contribution < 1.29 is 33.6 Å². The molecule has 0 unspecified atom stereocenters. The lowest BCUT2D eigenvalue weighted by Gasteiger charge is -2.17. The molecule has 2 amide bonds. The first-order chi connectivity index (χ1) is 17.8. The molecule has 0 bridgehead atoms. The summed E-state index contributed by atoms with van der Waals surface area (Å²) in [5, 5.41) is 11.8. The SMILES string of the molecule is O=C(COC(=O)[C@H]1CC(=O)N(NC(=O)c2ccccc2)C1)c1ccc(Oc2ccc([N+](=O)[O-])cc2)cc1. The van der Waals surface area contributed by atoms with Crippen molar-refractivity contribution in [1.29, 1.82) is 0 Å². The van der Waals surface area contributed by atoms with E-state index in [1.54, 1.807) is 42.5 Å². The second-order valence-corrected chi connectivity index (χ2v) is 8.12. The number of nitrogens with zero attached hydrogens (tertiary/aromatic N) is 2. The Morgan fingerprint density at radius 3 is 2.16 bits per heavy atom. The van der Waals surface area contributed by atoms with Crippen LogP contribution in [0.4, 0.5) is 5.69 Å². The van der Waals surface area contributed by atoms with Crippen molar-refractivity contribution in [3.63, 3.8) is 0 Å². The van der Waals surface area contributed by atoms with Crippen LogP contribution in [0.15, 0.2) is 78.9 Å². The van der Waals surface area contributed by atoms with E-state index in [1.165, 1.54) is 36.4 Å². The third kappa shape index (κ3) is 6.34. The standard InChI is InChI=1S/C26H21N3O8/c30-23(17-6-10-21(11-7-17)37-22-12-8-20(9-13-22)29(34)35)16-36-26(33)19-14-24(31)28(15-19)27-25(32)18-4-2-1-3-5-18/h1-13,19H,14-16H2,(H,27,32)/t19-/m0/s1. The van der Waals surface area contributed by atoms with Gasteiger partial charge in [-0.3, -0.25) is 39.7 Å². The van der Waals surface area contributed by atoms with Crippen LogP contribution >= 0.6 is 0 Å². The highest BCUT2D eigenvalue weighted by atomic mass is 16.6. The summed E-state index contributed by atoms with van der Waals surface area (Å²) in [4.78, 5) is 59.6. The highest BCUT2D eigenvalue weighted by molar-refractivity contribution is 5.99. The molecular formula is C26H21N3O8. The van der Waals surface area contributed by atoms with Crippen molar-refractivity contribution in [2.24, 2.45) is 5.92 Å². The van der Waals surface area contributed by atoms with Crippen molar-refractivity contribution in [1.82, 2.24) is 10.4 Å². The van der Waals surface area contributed by atoms with Crippen molar-refractivity contribution in [2.45, 2.75) is 6.42 Å². The molecular weight excluding hydrogens is 482 g/mol. The maximum Gasteiger partial charge on any atom is 0.311 e. The van der Waals surface area contributed by atoms with Gasteiger partial charge in [0, 0.05) is 29.7 Å². The molecule has 3 aromatic rings. The molecule has 11 heteroatoms. The van der Waals surface area contributed by atoms with Crippen molar-refractivity contribution in [3.05, 3.63) is 100 Å². The molecule has 0 saturated carbocycles. The Labute approximate surface area is 210 Å². The van der Waals surface area contributed by atoms with Gasteiger partial charge >= 0.3 is 5.97 Å². The van der Waals surface area contributed by atoms with Gasteiger partial charge in [-0.1, -0.05) is 18.2 Å². The minimum absolute atomic E-state index is 0.0564. The van der Waals surface area contributed by atoms with Crippen LogP contribution < -0.4 is 10.2 Å². The first-order valence-corrected chi connectivity index (χ1v) is 11.2. The second-order valence-electron chi connectivity index (χ2n) is 8.12. The van der Waals surface area contributed by atoms with Crippen LogP contribution in [-0.2, 0) is 14.3 Å². The minimum Gasteiger partial charge on any atom is -0.457 e. The molecule has 1 fully saturated rings. The van der Waals surface area contributed by atoms with E-state index in [0.717, 1.165) is 5.01 Å². The number of nitro benzene ring substituents is 1. The normalized spacial score (nSPS) is 14.6. The van der Waals surface area contributed by atoms with Gasteiger partial charge in [-0.15, -0.1) is 0 Å². The van der Waals surface area contributed by atoms with E-state index in [1.807, 2.05) is 0 Å². The fourth-order valence-corrected chi connectivity index (χ4v) is 3.57. The summed E-state index contributed by atoms with van der Waals surface area (Å²) in [5.41, 5.74) is 3.07. The van der Waals surface area contributed by atoms with Gasteiger partial charge in [0.1, 0.15) is 11.5 Å². The summed E-state index contributed by atoms with van der Waals surface area (Å²) in [6.45, 7) is -0.568. The number of hydrazine groups is 1. The number of ether oxygens (including phenoxy) is 2. The first kappa shape index (κ1) is 25.0. The van der Waals surface area contributed by atoms with Gasteiger partial charge in [-0.05, 0) is 48.5 Å². The average Bonchev–Trinajstić information content (AvgIpc) is 3.28. The third-order valence-electron chi connectivity index (χ3n) is 5.54. The molecule has 1 N–H and O–H groups in total. The molecule has 4 rings (SSSR count). The fraction of sp³-hybridized carbons (Fsp3) is 0.154. The zero-order valence-electron chi connectivity index (χ0n) is 19.4. The smallest absolute Gasteiger partial charge is 0.311 e. The number of carbonyl (C=O) groups is 4. The summed E-state index contributed by atoms with van der Waals surface area (Å²) in [6.07, 6.45) is -0.142. The summed E-state index contributed by atoms with van der Waals surface area (Å²) >= 11 is 0. The average molecular weight is 503 g/mol. The largest absolute Gasteiger partial charge is 0.457 e. The Balaban J connectivity index is 1.25. The van der Waals surface area contributed by atoms with E-state index in [0.29, 0.717) is 17.1 Å². The molecule has 188 valence electrons. The van der Waals surface area contributed by atoms with E-state index in [4.69, 9.17) is 9.47 Å². The number of hydrogen-bond acceptors (Lipinski definition) is 8. The molecule has 37 heavy (non-hydrogen) atoms. The predicted molar refractivity (Wildman–Crippen MR) is 129 cm³/mol. The van der Waals surface area contributed by atoms with Crippen LogP contribution in [0.25, 0.3) is 0 Å². The lowest BCUT2D eigenvalue weighted by atomic mass is 10.1. The molecule has 0 radical (unpaired) electrons. The van der Waals surface area contributed by atoms with Gasteiger partial charge in [0.05, 0.1) is 17.4 Å². The molecule has 1 saturated heterocycles. The van der Waals surface area contributed by atoms with Gasteiger partial charge in [-0.2, -0.15) is 0 Å². The molecule has 1 aliphatic rings. The van der Waals surface area contributed by atoms with Crippen molar-refractivity contribution in [3.8, 4) is 11.5 Å². The first-order valence-electron chi connectivity index (χ1n) is 11.2.